The third-order valence-electron chi connectivity index (χ3n) is 6.14. The van der Waals surface area contributed by atoms with Gasteiger partial charge in [-0.25, -0.2) is 0 Å². The molecule has 1 saturated heterocycles. The summed E-state index contributed by atoms with van der Waals surface area (Å²) in [7, 11) is 1.68. The van der Waals surface area contributed by atoms with Gasteiger partial charge >= 0.3 is 0 Å². The maximum Gasteiger partial charge on any atom is 0.255 e. The molecule has 34 heavy (non-hydrogen) atoms. The van der Waals surface area contributed by atoms with Crippen molar-refractivity contribution in [3.8, 4) is 5.75 Å². The molecule has 2 heterocycles. The molecule has 7 heteroatoms. The first-order valence-corrected chi connectivity index (χ1v) is 11.6. The van der Waals surface area contributed by atoms with Crippen molar-refractivity contribution in [2.45, 2.75) is 0 Å². The molecule has 1 amide bonds. The van der Waals surface area contributed by atoms with Crippen molar-refractivity contribution < 1.29 is 9.53 Å². The number of carbonyl (C=O) groups is 1. The first-order chi connectivity index (χ1) is 16.6. The predicted molar refractivity (Wildman–Crippen MR) is 139 cm³/mol. The zero-order chi connectivity index (χ0) is 23.5. The van der Waals surface area contributed by atoms with Gasteiger partial charge in [-0.05, 0) is 54.6 Å². The van der Waals surface area contributed by atoms with Gasteiger partial charge in [0.05, 0.1) is 30.2 Å². The van der Waals surface area contributed by atoms with Crippen molar-refractivity contribution in [2.75, 3.05) is 48.4 Å². The average molecular weight is 473 g/mol. The van der Waals surface area contributed by atoms with E-state index in [1.54, 1.807) is 37.6 Å². The number of carbonyl (C=O) groups excluding carboxylic acids is 1. The third kappa shape index (κ3) is 4.50. The van der Waals surface area contributed by atoms with Gasteiger partial charge in [0.1, 0.15) is 5.75 Å². The summed E-state index contributed by atoms with van der Waals surface area (Å²) >= 11 is 5.98. The normalized spacial score (nSPS) is 13.7. The molecule has 1 N–H and O–H groups in total. The number of nitrogens with zero attached hydrogens (tertiary/aromatic N) is 3. The van der Waals surface area contributed by atoms with Gasteiger partial charge in [-0.2, -0.15) is 0 Å². The molecule has 1 aromatic heterocycles. The molecule has 0 bridgehead atoms. The van der Waals surface area contributed by atoms with E-state index in [2.05, 4.69) is 38.3 Å². The molecule has 0 aliphatic carbocycles. The van der Waals surface area contributed by atoms with Crippen molar-refractivity contribution in [3.05, 3.63) is 89.6 Å². The Labute approximate surface area is 203 Å². The Morgan fingerprint density at radius 2 is 1.59 bits per heavy atom. The van der Waals surface area contributed by atoms with E-state index in [4.69, 9.17) is 16.3 Å². The molecule has 0 radical (unpaired) electrons. The number of rotatable bonds is 5. The monoisotopic (exact) mass is 472 g/mol. The summed E-state index contributed by atoms with van der Waals surface area (Å²) in [6.45, 7) is 3.38. The van der Waals surface area contributed by atoms with E-state index in [1.165, 1.54) is 5.69 Å². The molecule has 172 valence electrons. The number of hydrogen-bond acceptors (Lipinski definition) is 5. The highest BCUT2D eigenvalue weighted by molar-refractivity contribution is 6.30. The third-order valence-corrected chi connectivity index (χ3v) is 6.39. The van der Waals surface area contributed by atoms with Crippen LogP contribution >= 0.6 is 11.6 Å². The number of benzene rings is 3. The lowest BCUT2D eigenvalue weighted by molar-refractivity contribution is 0.102. The lowest BCUT2D eigenvalue weighted by Gasteiger charge is -2.38. The minimum absolute atomic E-state index is 0.188. The fraction of sp³-hybridized carbons (Fsp3) is 0.185. The minimum Gasteiger partial charge on any atom is -0.497 e. The largest absolute Gasteiger partial charge is 0.497 e. The van der Waals surface area contributed by atoms with Crippen molar-refractivity contribution >= 4 is 45.5 Å². The molecule has 1 aliphatic heterocycles. The highest BCUT2D eigenvalue weighted by Crippen LogP contribution is 2.35. The number of ether oxygens (including phenoxy) is 1. The second kappa shape index (κ2) is 9.61. The number of fused-ring (bicyclic) bond motifs is 1. The van der Waals surface area contributed by atoms with E-state index in [0.29, 0.717) is 16.3 Å². The van der Waals surface area contributed by atoms with Crippen LogP contribution in [0.4, 0.5) is 17.1 Å². The summed E-state index contributed by atoms with van der Waals surface area (Å²) in [6, 6.07) is 23.1. The van der Waals surface area contributed by atoms with E-state index >= 15 is 0 Å². The van der Waals surface area contributed by atoms with Crippen molar-refractivity contribution in [1.82, 2.24) is 4.98 Å². The quantitative estimate of drug-likeness (QED) is 0.417. The van der Waals surface area contributed by atoms with Crippen LogP contribution in [0.25, 0.3) is 10.9 Å². The number of halogens is 1. The Kier molecular flexibility index (Phi) is 6.23. The van der Waals surface area contributed by atoms with Gasteiger partial charge < -0.3 is 19.9 Å². The van der Waals surface area contributed by atoms with Gasteiger partial charge in [0, 0.05) is 47.8 Å². The number of anilines is 3. The minimum atomic E-state index is -0.188. The van der Waals surface area contributed by atoms with Gasteiger partial charge in [0.25, 0.3) is 5.91 Å². The molecule has 0 unspecified atom stereocenters. The van der Waals surface area contributed by atoms with Crippen molar-refractivity contribution in [2.24, 2.45) is 0 Å². The molecule has 6 nitrogen and oxygen atoms in total. The number of piperazine rings is 1. The second-order valence-electron chi connectivity index (χ2n) is 8.17. The number of aromatic nitrogens is 1. The Hall–Kier alpha value is -3.77. The van der Waals surface area contributed by atoms with Crippen LogP contribution in [-0.2, 0) is 0 Å². The molecule has 1 fully saturated rings. The number of methoxy groups -OCH3 is 1. The van der Waals surface area contributed by atoms with Crippen molar-refractivity contribution in [3.63, 3.8) is 0 Å². The summed E-state index contributed by atoms with van der Waals surface area (Å²) in [5.74, 6) is 0.665. The van der Waals surface area contributed by atoms with Crippen LogP contribution < -0.4 is 19.9 Å². The smallest absolute Gasteiger partial charge is 0.255 e. The average Bonchev–Trinajstić information content (AvgIpc) is 2.89. The SMILES string of the molecule is COc1ccc(N2CCN(c3c(NC(=O)c4ccc(Cl)cc4)cnc4ccccc34)CC2)cc1. The Balaban J connectivity index is 1.41. The molecule has 0 saturated carbocycles. The first-order valence-electron chi connectivity index (χ1n) is 11.2. The van der Waals surface area contributed by atoms with Crippen LogP contribution in [0.1, 0.15) is 10.4 Å². The van der Waals surface area contributed by atoms with E-state index in [0.717, 1.165) is 48.5 Å². The molecule has 0 atom stereocenters. The second-order valence-corrected chi connectivity index (χ2v) is 8.61. The number of hydrogen-bond donors (Lipinski definition) is 1. The lowest BCUT2D eigenvalue weighted by Crippen LogP contribution is -2.46. The summed E-state index contributed by atoms with van der Waals surface area (Å²) in [6.07, 6.45) is 1.75. The van der Waals surface area contributed by atoms with Crippen molar-refractivity contribution in [1.29, 1.82) is 0 Å². The molecular weight excluding hydrogens is 448 g/mol. The molecule has 5 rings (SSSR count). The van der Waals surface area contributed by atoms with Gasteiger partial charge in [0.15, 0.2) is 0 Å². The fourth-order valence-electron chi connectivity index (χ4n) is 4.34. The summed E-state index contributed by atoms with van der Waals surface area (Å²) in [5.41, 5.74) is 4.34. The molecule has 4 aromatic rings. The first kappa shape index (κ1) is 22.0. The lowest BCUT2D eigenvalue weighted by atomic mass is 10.1. The Morgan fingerprint density at radius 3 is 2.29 bits per heavy atom. The van der Waals surface area contributed by atoms with Crippen LogP contribution in [0.5, 0.6) is 5.75 Å². The number of pyridine rings is 1. The maximum atomic E-state index is 13.0. The van der Waals surface area contributed by atoms with Crippen LogP contribution in [-0.4, -0.2) is 44.2 Å². The molecular formula is C27H25ClN4O2. The van der Waals surface area contributed by atoms with Crippen LogP contribution in [0.15, 0.2) is 79.0 Å². The van der Waals surface area contributed by atoms with Gasteiger partial charge in [-0.1, -0.05) is 29.8 Å². The van der Waals surface area contributed by atoms with Gasteiger partial charge in [-0.15, -0.1) is 0 Å². The van der Waals surface area contributed by atoms with E-state index < -0.39 is 0 Å². The zero-order valence-corrected chi connectivity index (χ0v) is 19.6. The van der Waals surface area contributed by atoms with Gasteiger partial charge in [-0.3, -0.25) is 9.78 Å². The highest BCUT2D eigenvalue weighted by Gasteiger charge is 2.23. The molecule has 1 aliphatic rings. The Morgan fingerprint density at radius 1 is 0.912 bits per heavy atom. The Bertz CT molecular complexity index is 1300. The van der Waals surface area contributed by atoms with E-state index in [-0.39, 0.29) is 5.91 Å². The maximum absolute atomic E-state index is 13.0. The highest BCUT2D eigenvalue weighted by atomic mass is 35.5. The van der Waals surface area contributed by atoms with Crippen LogP contribution in [0.3, 0.4) is 0 Å². The van der Waals surface area contributed by atoms with Crippen LogP contribution in [0, 0.1) is 0 Å². The summed E-state index contributed by atoms with van der Waals surface area (Å²) in [4.78, 5) is 22.3. The number of amides is 1. The summed E-state index contributed by atoms with van der Waals surface area (Å²) < 4.78 is 5.28. The van der Waals surface area contributed by atoms with E-state index in [1.807, 2.05) is 30.3 Å². The molecule has 3 aromatic carbocycles. The summed E-state index contributed by atoms with van der Waals surface area (Å²) in [5, 5.41) is 4.70. The fourth-order valence-corrected chi connectivity index (χ4v) is 4.46. The van der Waals surface area contributed by atoms with Gasteiger partial charge in [0.2, 0.25) is 0 Å². The standard InChI is InChI=1S/C27H25ClN4O2/c1-34-22-12-10-21(11-13-22)31-14-16-32(17-15-31)26-23-4-2-3-5-24(23)29-18-25(26)30-27(33)19-6-8-20(28)9-7-19/h2-13,18H,14-17H2,1H3,(H,30,33). The number of para-hydroxylation sites is 1. The predicted octanol–water partition coefficient (Wildman–Crippen LogP) is 5.48. The molecule has 0 spiro atoms. The number of nitrogens with one attached hydrogen (secondary N) is 1. The zero-order valence-electron chi connectivity index (χ0n) is 18.9. The van der Waals surface area contributed by atoms with E-state index in [9.17, 15) is 4.79 Å². The van der Waals surface area contributed by atoms with Crippen LogP contribution in [0.2, 0.25) is 5.02 Å². The topological polar surface area (TPSA) is 57.7 Å².